The van der Waals surface area contributed by atoms with Crippen molar-refractivity contribution in [2.75, 3.05) is 25.3 Å². The number of carbonyl (C=O) groups is 4. The van der Waals surface area contributed by atoms with E-state index in [1.807, 2.05) is 0 Å². The van der Waals surface area contributed by atoms with Gasteiger partial charge in [-0.25, -0.2) is 44.3 Å². The van der Waals surface area contributed by atoms with Crippen LogP contribution in [-0.4, -0.2) is 83.0 Å². The number of imidazole rings is 2. The van der Waals surface area contributed by atoms with Gasteiger partial charge in [-0.3, -0.25) is 4.79 Å². The summed E-state index contributed by atoms with van der Waals surface area (Å²) in [6.07, 6.45) is -6.60. The molecule has 0 radical (unpaired) electrons. The number of hydrogen-bond donors (Lipinski definition) is 5. The smallest absolute Gasteiger partial charge is 0.416 e. The van der Waals surface area contributed by atoms with Crippen LogP contribution in [-0.2, 0) is 21.8 Å². The molecule has 4 aromatic heterocycles. The minimum Gasteiger partial charge on any atom is -0.475 e. The Morgan fingerprint density at radius 3 is 1.57 bits per heavy atom. The molecule has 0 aliphatic rings. The van der Waals surface area contributed by atoms with E-state index in [9.17, 15) is 45.5 Å². The van der Waals surface area contributed by atoms with Crippen molar-refractivity contribution in [2.24, 2.45) is 0 Å². The van der Waals surface area contributed by atoms with Crippen LogP contribution in [0.25, 0.3) is 22.1 Å². The summed E-state index contributed by atoms with van der Waals surface area (Å²) in [5.74, 6) is -2.57. The first-order valence-electron chi connectivity index (χ1n) is 18.6. The van der Waals surface area contributed by atoms with E-state index in [0.29, 0.717) is 22.9 Å². The maximum absolute atomic E-state index is 12.9. The van der Waals surface area contributed by atoms with Crippen LogP contribution < -0.4 is 20.5 Å². The summed E-state index contributed by atoms with van der Waals surface area (Å²) in [5.41, 5.74) is 5.50. The topological polar surface area (TPSA) is 272 Å². The first-order chi connectivity index (χ1) is 31.8. The molecule has 0 aliphatic carbocycles. The summed E-state index contributed by atoms with van der Waals surface area (Å²) in [6.45, 7) is 0. The molecule has 8 rings (SSSR count). The summed E-state index contributed by atoms with van der Waals surface area (Å²) in [7, 11) is 2.50. The molecule has 0 unspecified atom stereocenters. The van der Waals surface area contributed by atoms with Gasteiger partial charge >= 0.3 is 30.3 Å². The minimum atomic E-state index is -4.51. The fourth-order valence-electron chi connectivity index (χ4n) is 5.45. The Kier molecular flexibility index (Phi) is 14.2. The van der Waals surface area contributed by atoms with Crippen molar-refractivity contribution < 1.29 is 69.6 Å². The molecule has 6 N–H and O–H groups in total. The number of rotatable bonds is 9. The van der Waals surface area contributed by atoms with Gasteiger partial charge in [0.2, 0.25) is 17.6 Å². The first kappa shape index (κ1) is 47.3. The second-order valence-electron chi connectivity index (χ2n) is 13.2. The highest BCUT2D eigenvalue weighted by molar-refractivity contribution is 6.03. The molecule has 1 amide bonds. The van der Waals surface area contributed by atoms with Crippen molar-refractivity contribution in [1.82, 2.24) is 39.9 Å². The molecular weight excluding hydrogens is 903 g/mol. The van der Waals surface area contributed by atoms with Crippen molar-refractivity contribution >= 4 is 57.3 Å². The average Bonchev–Trinajstić information content (AvgIpc) is 3.94. The number of aromatic amines is 2. The van der Waals surface area contributed by atoms with Gasteiger partial charge in [-0.15, -0.1) is 0 Å². The number of alkyl halides is 6. The Morgan fingerprint density at radius 2 is 1.09 bits per heavy atom. The van der Waals surface area contributed by atoms with Gasteiger partial charge in [0, 0.05) is 35.6 Å². The third-order valence-electron chi connectivity index (χ3n) is 8.50. The number of nitrogens with two attached hydrogens (primary N) is 1. The largest absolute Gasteiger partial charge is 0.475 e. The van der Waals surface area contributed by atoms with Gasteiger partial charge < -0.3 is 45.1 Å². The number of nitrogen functional groups attached to an aromatic ring is 1. The SMILES string of the molecule is COC(=O)c1cc(Oc2cccc(N)c2)ncn1.COC(=O)c1cc(Oc2cccc(NC(=O)c3nc4ccc(C(F)(F)F)cc4[nH]3)c2)ncn1.O=C(O)c1nc2ccc(C(F)(F)F)cc2[nH]1. The number of amides is 1. The lowest BCUT2D eigenvalue weighted by Crippen LogP contribution is -2.13. The van der Waals surface area contributed by atoms with Crippen molar-refractivity contribution in [1.29, 1.82) is 0 Å². The Bertz CT molecular complexity index is 3110. The number of esters is 2. The highest BCUT2D eigenvalue weighted by Crippen LogP contribution is 2.32. The van der Waals surface area contributed by atoms with Crippen LogP contribution in [0.4, 0.5) is 37.7 Å². The van der Waals surface area contributed by atoms with Crippen LogP contribution in [0.15, 0.2) is 110 Å². The van der Waals surface area contributed by atoms with Gasteiger partial charge in [0.1, 0.15) is 24.2 Å². The van der Waals surface area contributed by atoms with E-state index in [-0.39, 0.29) is 56.9 Å². The zero-order valence-electron chi connectivity index (χ0n) is 34.1. The molecule has 0 fully saturated rings. The van der Waals surface area contributed by atoms with Crippen molar-refractivity contribution in [2.45, 2.75) is 12.4 Å². The summed E-state index contributed by atoms with van der Waals surface area (Å²) in [6, 6.07) is 21.6. The normalized spacial score (nSPS) is 11.0. The molecule has 344 valence electrons. The number of carboxylic acids is 1. The molecule has 8 aromatic rings. The van der Waals surface area contributed by atoms with Gasteiger partial charge in [0.05, 0.1) is 47.4 Å². The lowest BCUT2D eigenvalue weighted by molar-refractivity contribution is -0.138. The molecule has 67 heavy (non-hydrogen) atoms. The third-order valence-corrected chi connectivity index (χ3v) is 8.50. The predicted octanol–water partition coefficient (Wildman–Crippen LogP) is 8.12. The maximum atomic E-state index is 12.9. The van der Waals surface area contributed by atoms with Crippen LogP contribution in [0.2, 0.25) is 0 Å². The number of ether oxygens (including phenoxy) is 4. The van der Waals surface area contributed by atoms with Crippen LogP contribution in [0.1, 0.15) is 53.3 Å². The first-order valence-corrected chi connectivity index (χ1v) is 18.6. The number of halogens is 6. The zero-order valence-corrected chi connectivity index (χ0v) is 34.1. The summed E-state index contributed by atoms with van der Waals surface area (Å²) in [5, 5.41) is 11.2. The van der Waals surface area contributed by atoms with Gasteiger partial charge in [-0.05, 0) is 60.7 Å². The number of anilines is 2. The quantitative estimate of drug-likeness (QED) is 0.0519. The lowest BCUT2D eigenvalue weighted by atomic mass is 10.2. The molecular formula is C42H30F6N10O9. The molecule has 0 saturated heterocycles. The molecule has 4 heterocycles. The molecule has 4 aromatic carbocycles. The minimum absolute atomic E-state index is 0.00511. The predicted molar refractivity (Wildman–Crippen MR) is 221 cm³/mol. The standard InChI is InChI=1S/C21H14F3N5O4.C12H11N3O3.C9H5F3N2O2/c1-32-20(31)16-9-17(26-10-25-16)33-13-4-2-3-12(8-13)27-19(30)18-28-14-6-5-11(21(22,23)24)7-15(14)29-18;1-17-12(16)10-6-11(15-7-14-10)18-9-4-2-3-8(13)5-9;10-9(11,12)4-1-2-5-6(3-4)14-7(13-5)8(15)16/h2-10H,1H3,(H,27,30)(H,28,29);2-7H,13H2,1H3;1-3H,(H,13,14)(H,15,16). The van der Waals surface area contributed by atoms with E-state index < -0.39 is 47.3 Å². The zero-order chi connectivity index (χ0) is 48.5. The molecule has 0 saturated carbocycles. The van der Waals surface area contributed by atoms with Crippen LogP contribution >= 0.6 is 0 Å². The maximum Gasteiger partial charge on any atom is 0.416 e. The van der Waals surface area contributed by atoms with Gasteiger partial charge in [0.15, 0.2) is 17.2 Å². The number of H-pyrrole nitrogens is 2. The molecule has 19 nitrogen and oxygen atoms in total. The van der Waals surface area contributed by atoms with Gasteiger partial charge in [0.25, 0.3) is 5.91 Å². The Hall–Kier alpha value is -9.16. The van der Waals surface area contributed by atoms with Crippen LogP contribution in [0.5, 0.6) is 23.3 Å². The molecule has 0 bridgehead atoms. The lowest BCUT2D eigenvalue weighted by Gasteiger charge is -2.08. The fourth-order valence-corrected chi connectivity index (χ4v) is 5.45. The number of aromatic carboxylic acids is 1. The number of fused-ring (bicyclic) bond motifs is 2. The van der Waals surface area contributed by atoms with E-state index in [2.05, 4.69) is 54.7 Å². The third kappa shape index (κ3) is 12.5. The molecule has 0 spiro atoms. The monoisotopic (exact) mass is 932 g/mol. The molecule has 25 heteroatoms. The van der Waals surface area contributed by atoms with Gasteiger partial charge in [-0.2, -0.15) is 26.3 Å². The summed E-state index contributed by atoms with van der Waals surface area (Å²) < 4.78 is 95.9. The fraction of sp³-hybridized carbons (Fsp3) is 0.0952. The van der Waals surface area contributed by atoms with Crippen LogP contribution in [0.3, 0.4) is 0 Å². The number of hydrogen-bond acceptors (Lipinski definition) is 15. The van der Waals surface area contributed by atoms with Crippen molar-refractivity contribution in [3.63, 3.8) is 0 Å². The highest BCUT2D eigenvalue weighted by Gasteiger charge is 2.32. The number of benzene rings is 4. The number of nitrogens with one attached hydrogen (secondary N) is 3. The highest BCUT2D eigenvalue weighted by atomic mass is 19.4. The van der Waals surface area contributed by atoms with E-state index in [4.69, 9.17) is 20.3 Å². The van der Waals surface area contributed by atoms with E-state index >= 15 is 0 Å². The Morgan fingerprint density at radius 1 is 0.612 bits per heavy atom. The Labute approximate surface area is 371 Å². The second kappa shape index (κ2) is 20.1. The van der Waals surface area contributed by atoms with E-state index in [1.165, 1.54) is 44.8 Å². The van der Waals surface area contributed by atoms with E-state index in [0.717, 1.165) is 36.7 Å². The van der Waals surface area contributed by atoms with Crippen LogP contribution in [0, 0.1) is 0 Å². The second-order valence-corrected chi connectivity index (χ2v) is 13.2. The summed E-state index contributed by atoms with van der Waals surface area (Å²) >= 11 is 0. The van der Waals surface area contributed by atoms with Crippen molar-refractivity contribution in [3.05, 3.63) is 144 Å². The number of carboxylic acid groups (broad SMARTS) is 1. The molecule has 0 atom stereocenters. The van der Waals surface area contributed by atoms with E-state index in [1.54, 1.807) is 42.5 Å². The average molecular weight is 933 g/mol. The van der Waals surface area contributed by atoms with Crippen molar-refractivity contribution in [3.8, 4) is 23.3 Å². The number of nitrogens with zero attached hydrogens (tertiary/aromatic N) is 6. The Balaban J connectivity index is 0.000000183. The number of methoxy groups -OCH3 is 2. The summed E-state index contributed by atoms with van der Waals surface area (Å²) in [4.78, 5) is 73.9. The number of carbonyl (C=O) groups excluding carboxylic acids is 3. The van der Waals surface area contributed by atoms with Gasteiger partial charge in [-0.1, -0.05) is 12.1 Å². The molecule has 0 aliphatic heterocycles. The number of aromatic nitrogens is 8.